The molecule has 7 heteroatoms. The molecular weight excluding hydrogens is 348 g/mol. The van der Waals surface area contributed by atoms with Crippen LogP contribution >= 0.6 is 27.5 Å². The molecule has 0 saturated carbocycles. The molecular formula is C13H16BrClN2O3. The standard InChI is InChI=1S/C13H16BrClN2O3/c1-8(2)17(6-5-12(18)19)13(20)16-11-4-3-9(14)7-10(11)15/h3-4,7-8H,5-6H2,1-2H3,(H,16,20)(H,18,19). The number of benzene rings is 1. The number of nitrogens with zero attached hydrogens (tertiary/aromatic N) is 1. The lowest BCUT2D eigenvalue weighted by atomic mass is 10.3. The summed E-state index contributed by atoms with van der Waals surface area (Å²) in [7, 11) is 0. The summed E-state index contributed by atoms with van der Waals surface area (Å²) in [5.41, 5.74) is 0.487. The number of halogens is 2. The Balaban J connectivity index is 2.77. The fraction of sp³-hybridized carbons (Fsp3) is 0.385. The molecule has 2 amide bonds. The summed E-state index contributed by atoms with van der Waals surface area (Å²) in [5, 5.41) is 11.8. The summed E-state index contributed by atoms with van der Waals surface area (Å²) in [6, 6.07) is 4.64. The van der Waals surface area contributed by atoms with E-state index < -0.39 is 5.97 Å². The molecule has 0 radical (unpaired) electrons. The average Bonchev–Trinajstić information content (AvgIpc) is 2.32. The van der Waals surface area contributed by atoms with E-state index in [0.29, 0.717) is 10.7 Å². The maximum atomic E-state index is 12.2. The van der Waals surface area contributed by atoms with E-state index in [1.807, 2.05) is 13.8 Å². The number of carbonyl (C=O) groups excluding carboxylic acids is 1. The lowest BCUT2D eigenvalue weighted by molar-refractivity contribution is -0.137. The predicted molar refractivity (Wildman–Crippen MR) is 82.3 cm³/mol. The molecule has 0 bridgehead atoms. The molecule has 0 spiro atoms. The van der Waals surface area contributed by atoms with Gasteiger partial charge in [0.1, 0.15) is 0 Å². The summed E-state index contributed by atoms with van der Waals surface area (Å²) >= 11 is 9.31. The summed E-state index contributed by atoms with van der Waals surface area (Å²) in [4.78, 5) is 24.2. The minimum Gasteiger partial charge on any atom is -0.481 e. The van der Waals surface area contributed by atoms with Crippen molar-refractivity contribution in [2.45, 2.75) is 26.3 Å². The minimum absolute atomic E-state index is 0.0975. The number of hydrogen-bond acceptors (Lipinski definition) is 2. The fourth-order valence-corrected chi connectivity index (χ4v) is 2.31. The smallest absolute Gasteiger partial charge is 0.322 e. The van der Waals surface area contributed by atoms with Gasteiger partial charge in [0.15, 0.2) is 0 Å². The molecule has 1 aromatic carbocycles. The molecule has 2 N–H and O–H groups in total. The van der Waals surface area contributed by atoms with E-state index in [4.69, 9.17) is 16.7 Å². The number of urea groups is 1. The van der Waals surface area contributed by atoms with Gasteiger partial charge in [-0.1, -0.05) is 27.5 Å². The van der Waals surface area contributed by atoms with Gasteiger partial charge >= 0.3 is 12.0 Å². The zero-order valence-corrected chi connectivity index (χ0v) is 13.5. The van der Waals surface area contributed by atoms with Crippen molar-refractivity contribution in [1.29, 1.82) is 0 Å². The van der Waals surface area contributed by atoms with Crippen molar-refractivity contribution >= 4 is 45.2 Å². The number of carboxylic acids is 1. The Morgan fingerprint density at radius 3 is 2.60 bits per heavy atom. The van der Waals surface area contributed by atoms with Crippen LogP contribution in [0.15, 0.2) is 22.7 Å². The molecule has 0 aromatic heterocycles. The van der Waals surface area contributed by atoms with Gasteiger partial charge < -0.3 is 15.3 Å². The van der Waals surface area contributed by atoms with E-state index in [1.165, 1.54) is 4.90 Å². The van der Waals surface area contributed by atoms with Gasteiger partial charge in [0.25, 0.3) is 0 Å². The van der Waals surface area contributed by atoms with Gasteiger partial charge in [-0.3, -0.25) is 4.79 Å². The second-order valence-electron chi connectivity index (χ2n) is 4.49. The summed E-state index contributed by atoms with van der Waals surface area (Å²) < 4.78 is 0.812. The number of hydrogen-bond donors (Lipinski definition) is 2. The lowest BCUT2D eigenvalue weighted by Crippen LogP contribution is -2.41. The zero-order chi connectivity index (χ0) is 15.3. The van der Waals surface area contributed by atoms with Crippen LogP contribution in [0.1, 0.15) is 20.3 Å². The quantitative estimate of drug-likeness (QED) is 0.835. The van der Waals surface area contributed by atoms with Crippen LogP contribution in [0.4, 0.5) is 10.5 Å². The number of amides is 2. The second kappa shape index (κ2) is 7.50. The van der Waals surface area contributed by atoms with E-state index in [1.54, 1.807) is 18.2 Å². The van der Waals surface area contributed by atoms with E-state index in [9.17, 15) is 9.59 Å². The van der Waals surface area contributed by atoms with Gasteiger partial charge in [-0.05, 0) is 32.0 Å². The van der Waals surface area contributed by atoms with E-state index in [-0.39, 0.29) is 25.0 Å². The van der Waals surface area contributed by atoms with Crippen LogP contribution in [-0.2, 0) is 4.79 Å². The topological polar surface area (TPSA) is 69.6 Å². The van der Waals surface area contributed by atoms with E-state index >= 15 is 0 Å². The van der Waals surface area contributed by atoms with Crippen molar-refractivity contribution in [2.24, 2.45) is 0 Å². The molecule has 0 fully saturated rings. The van der Waals surface area contributed by atoms with Crippen molar-refractivity contribution in [3.63, 3.8) is 0 Å². The van der Waals surface area contributed by atoms with Crippen LogP contribution < -0.4 is 5.32 Å². The third-order valence-corrected chi connectivity index (χ3v) is 3.43. The maximum absolute atomic E-state index is 12.2. The first-order chi connectivity index (χ1) is 9.31. The lowest BCUT2D eigenvalue weighted by Gasteiger charge is -2.26. The molecule has 0 atom stereocenters. The summed E-state index contributed by atoms with van der Waals surface area (Å²) in [5.74, 6) is -0.940. The van der Waals surface area contributed by atoms with Crippen LogP contribution in [0.3, 0.4) is 0 Å². The molecule has 0 heterocycles. The SMILES string of the molecule is CC(C)N(CCC(=O)O)C(=O)Nc1ccc(Br)cc1Cl. The Bertz CT molecular complexity index is 508. The summed E-state index contributed by atoms with van der Waals surface area (Å²) in [6.07, 6.45) is -0.0975. The molecule has 0 aliphatic heterocycles. The van der Waals surface area contributed by atoms with Crippen LogP contribution in [0.25, 0.3) is 0 Å². The van der Waals surface area contributed by atoms with Gasteiger partial charge in [0.2, 0.25) is 0 Å². The average molecular weight is 364 g/mol. The Hall–Kier alpha value is -1.27. The van der Waals surface area contributed by atoms with E-state index in [2.05, 4.69) is 21.2 Å². The monoisotopic (exact) mass is 362 g/mol. The van der Waals surface area contributed by atoms with Crippen LogP contribution in [0.5, 0.6) is 0 Å². The molecule has 5 nitrogen and oxygen atoms in total. The van der Waals surface area contributed by atoms with E-state index in [0.717, 1.165) is 4.47 Å². The number of rotatable bonds is 5. The number of nitrogens with one attached hydrogen (secondary N) is 1. The van der Waals surface area contributed by atoms with Gasteiger partial charge in [-0.2, -0.15) is 0 Å². The number of anilines is 1. The third kappa shape index (κ3) is 5.02. The van der Waals surface area contributed by atoms with Crippen molar-refractivity contribution < 1.29 is 14.7 Å². The highest BCUT2D eigenvalue weighted by molar-refractivity contribution is 9.10. The first-order valence-electron chi connectivity index (χ1n) is 6.05. The van der Waals surface area contributed by atoms with Crippen LogP contribution in [0.2, 0.25) is 5.02 Å². The van der Waals surface area contributed by atoms with Crippen molar-refractivity contribution in [3.05, 3.63) is 27.7 Å². The van der Waals surface area contributed by atoms with Crippen molar-refractivity contribution in [1.82, 2.24) is 4.90 Å². The molecule has 0 unspecified atom stereocenters. The third-order valence-electron chi connectivity index (χ3n) is 2.62. The Kier molecular flexibility index (Phi) is 6.29. The minimum atomic E-state index is -0.940. The Labute approximate surface area is 131 Å². The molecule has 0 aliphatic carbocycles. The van der Waals surface area contributed by atoms with Gasteiger partial charge in [0.05, 0.1) is 17.1 Å². The normalized spacial score (nSPS) is 10.4. The van der Waals surface area contributed by atoms with Crippen molar-refractivity contribution in [2.75, 3.05) is 11.9 Å². The number of aliphatic carboxylic acids is 1. The predicted octanol–water partition coefficient (Wildman–Crippen LogP) is 3.82. The van der Waals surface area contributed by atoms with Crippen molar-refractivity contribution in [3.8, 4) is 0 Å². The van der Waals surface area contributed by atoms with Gasteiger partial charge in [-0.25, -0.2) is 4.79 Å². The molecule has 0 aliphatic rings. The van der Waals surface area contributed by atoms with Crippen LogP contribution in [0, 0.1) is 0 Å². The van der Waals surface area contributed by atoms with Gasteiger partial charge in [-0.15, -0.1) is 0 Å². The maximum Gasteiger partial charge on any atom is 0.322 e. The van der Waals surface area contributed by atoms with Crippen LogP contribution in [-0.4, -0.2) is 34.6 Å². The molecule has 110 valence electrons. The zero-order valence-electron chi connectivity index (χ0n) is 11.2. The molecule has 1 aromatic rings. The molecule has 1 rings (SSSR count). The highest BCUT2D eigenvalue weighted by Gasteiger charge is 2.18. The highest BCUT2D eigenvalue weighted by atomic mass is 79.9. The largest absolute Gasteiger partial charge is 0.481 e. The number of carboxylic acid groups (broad SMARTS) is 1. The fourth-order valence-electron chi connectivity index (χ4n) is 1.59. The second-order valence-corrected chi connectivity index (χ2v) is 5.81. The van der Waals surface area contributed by atoms with Gasteiger partial charge in [0, 0.05) is 17.1 Å². The molecule has 20 heavy (non-hydrogen) atoms. The number of carbonyl (C=O) groups is 2. The highest BCUT2D eigenvalue weighted by Crippen LogP contribution is 2.26. The first-order valence-corrected chi connectivity index (χ1v) is 7.23. The Morgan fingerprint density at radius 2 is 2.10 bits per heavy atom. The molecule has 0 saturated heterocycles. The summed E-state index contributed by atoms with van der Waals surface area (Å²) in [6.45, 7) is 3.79. The first kappa shape index (κ1) is 16.8. The Morgan fingerprint density at radius 1 is 1.45 bits per heavy atom.